The van der Waals surface area contributed by atoms with Crippen molar-refractivity contribution in [3.63, 3.8) is 0 Å². The molecule has 1 aromatic rings. The van der Waals surface area contributed by atoms with Crippen LogP contribution >= 0.6 is 0 Å². The number of rotatable bonds is 6. The molecule has 2 N–H and O–H groups in total. The molecule has 0 aromatic heterocycles. The van der Waals surface area contributed by atoms with Crippen LogP contribution in [0, 0.1) is 0 Å². The minimum absolute atomic E-state index is 0.225. The average molecular weight is 249 g/mol. The average Bonchev–Trinajstić information content (AvgIpc) is 2.90. The molecule has 1 saturated heterocycles. The summed E-state index contributed by atoms with van der Waals surface area (Å²) in [6.07, 6.45) is 5.92. The lowest BCUT2D eigenvalue weighted by Gasteiger charge is -2.15. The van der Waals surface area contributed by atoms with Crippen LogP contribution in [0.5, 0.6) is 5.75 Å². The number of benzene rings is 1. The molecule has 0 aliphatic carbocycles. The fraction of sp³-hybridized carbons (Fsp3) is 0.600. The van der Waals surface area contributed by atoms with Gasteiger partial charge in [-0.15, -0.1) is 0 Å². The Hall–Kier alpha value is -1.06. The fourth-order valence-corrected chi connectivity index (χ4v) is 2.44. The van der Waals surface area contributed by atoms with E-state index in [0.717, 1.165) is 31.6 Å². The minimum atomic E-state index is 0.225. The van der Waals surface area contributed by atoms with Gasteiger partial charge in [-0.2, -0.15) is 0 Å². The maximum atomic E-state index is 6.17. The number of hydrogen-bond donors (Lipinski definition) is 1. The summed E-state index contributed by atoms with van der Waals surface area (Å²) in [7, 11) is 1.68. The third kappa shape index (κ3) is 4.00. The van der Waals surface area contributed by atoms with E-state index < -0.39 is 0 Å². The molecule has 2 unspecified atom stereocenters. The summed E-state index contributed by atoms with van der Waals surface area (Å²) in [4.78, 5) is 0. The molecule has 1 aliphatic heterocycles. The third-order valence-corrected chi connectivity index (χ3v) is 3.54. The van der Waals surface area contributed by atoms with Gasteiger partial charge in [0.15, 0.2) is 0 Å². The van der Waals surface area contributed by atoms with Gasteiger partial charge in [-0.1, -0.05) is 12.1 Å². The van der Waals surface area contributed by atoms with E-state index in [1.165, 1.54) is 18.4 Å². The summed E-state index contributed by atoms with van der Waals surface area (Å²) in [6.45, 7) is 0.929. The Morgan fingerprint density at radius 2 is 2.17 bits per heavy atom. The molecule has 1 aliphatic rings. The lowest BCUT2D eigenvalue weighted by molar-refractivity contribution is 0.101. The first kappa shape index (κ1) is 13.4. The number of ether oxygens (including phenoxy) is 2. The van der Waals surface area contributed by atoms with Crippen molar-refractivity contribution in [2.24, 2.45) is 5.73 Å². The van der Waals surface area contributed by atoms with E-state index in [0.29, 0.717) is 6.10 Å². The molecule has 2 atom stereocenters. The van der Waals surface area contributed by atoms with E-state index in [4.69, 9.17) is 15.2 Å². The lowest BCUT2D eigenvalue weighted by atomic mass is 10.00. The molecule has 0 saturated carbocycles. The molecule has 2 rings (SSSR count). The Bertz CT molecular complexity index is 344. The maximum absolute atomic E-state index is 6.17. The Morgan fingerprint density at radius 3 is 2.78 bits per heavy atom. The van der Waals surface area contributed by atoms with E-state index in [1.54, 1.807) is 7.11 Å². The summed E-state index contributed by atoms with van der Waals surface area (Å²) in [6, 6.07) is 8.38. The van der Waals surface area contributed by atoms with Crippen molar-refractivity contribution < 1.29 is 9.47 Å². The van der Waals surface area contributed by atoms with E-state index in [9.17, 15) is 0 Å². The zero-order chi connectivity index (χ0) is 12.8. The number of hydrogen-bond acceptors (Lipinski definition) is 3. The van der Waals surface area contributed by atoms with E-state index in [-0.39, 0.29) is 6.04 Å². The Kier molecular flexibility index (Phi) is 5.02. The van der Waals surface area contributed by atoms with Crippen LogP contribution in [0.3, 0.4) is 0 Å². The minimum Gasteiger partial charge on any atom is -0.497 e. The summed E-state index contributed by atoms with van der Waals surface area (Å²) in [5.74, 6) is 0.895. The molecule has 0 amide bonds. The van der Waals surface area contributed by atoms with Gasteiger partial charge in [-0.05, 0) is 49.8 Å². The van der Waals surface area contributed by atoms with Crippen molar-refractivity contribution in [3.05, 3.63) is 29.8 Å². The summed E-state index contributed by atoms with van der Waals surface area (Å²) in [5.41, 5.74) is 7.44. The molecule has 0 bridgehead atoms. The topological polar surface area (TPSA) is 44.5 Å². The highest BCUT2D eigenvalue weighted by Gasteiger charge is 2.16. The van der Waals surface area contributed by atoms with Crippen LogP contribution in [-0.2, 0) is 11.2 Å². The largest absolute Gasteiger partial charge is 0.497 e. The second-order valence-electron chi connectivity index (χ2n) is 5.02. The standard InChI is InChI=1S/C15H23NO2/c1-17-14-7-4-12(5-8-14)11-13(16)6-9-15-3-2-10-18-15/h4-5,7-8,13,15H,2-3,6,9-11,16H2,1H3. The van der Waals surface area contributed by atoms with Gasteiger partial charge in [0.25, 0.3) is 0 Å². The van der Waals surface area contributed by atoms with Crippen molar-refractivity contribution >= 4 is 0 Å². The normalized spacial score (nSPS) is 20.9. The van der Waals surface area contributed by atoms with Crippen LogP contribution < -0.4 is 10.5 Å². The zero-order valence-electron chi connectivity index (χ0n) is 11.1. The molecule has 18 heavy (non-hydrogen) atoms. The summed E-state index contributed by atoms with van der Waals surface area (Å²) >= 11 is 0. The molecular weight excluding hydrogens is 226 g/mol. The molecular formula is C15H23NO2. The van der Waals surface area contributed by atoms with Crippen LogP contribution in [0.2, 0.25) is 0 Å². The van der Waals surface area contributed by atoms with Gasteiger partial charge in [-0.25, -0.2) is 0 Å². The SMILES string of the molecule is COc1ccc(CC(N)CCC2CCCO2)cc1. The first-order valence-corrected chi connectivity index (χ1v) is 6.78. The molecule has 3 heteroatoms. The van der Waals surface area contributed by atoms with Crippen LogP contribution in [0.25, 0.3) is 0 Å². The van der Waals surface area contributed by atoms with Gasteiger partial charge in [0.1, 0.15) is 5.75 Å². The smallest absolute Gasteiger partial charge is 0.118 e. The Morgan fingerprint density at radius 1 is 1.39 bits per heavy atom. The van der Waals surface area contributed by atoms with Crippen molar-refractivity contribution in [1.82, 2.24) is 0 Å². The maximum Gasteiger partial charge on any atom is 0.118 e. The quantitative estimate of drug-likeness (QED) is 0.842. The predicted octanol–water partition coefficient (Wildman–Crippen LogP) is 2.52. The second kappa shape index (κ2) is 6.76. The molecule has 1 fully saturated rings. The van der Waals surface area contributed by atoms with Gasteiger partial charge in [0.05, 0.1) is 13.2 Å². The molecule has 0 radical (unpaired) electrons. The van der Waals surface area contributed by atoms with Crippen LogP contribution in [0.1, 0.15) is 31.2 Å². The summed E-state index contributed by atoms with van der Waals surface area (Å²) < 4.78 is 10.8. The molecule has 100 valence electrons. The van der Waals surface area contributed by atoms with Gasteiger partial charge in [0, 0.05) is 12.6 Å². The number of methoxy groups -OCH3 is 1. The van der Waals surface area contributed by atoms with Crippen molar-refractivity contribution in [1.29, 1.82) is 0 Å². The predicted molar refractivity (Wildman–Crippen MR) is 72.9 cm³/mol. The Labute approximate surface area is 109 Å². The lowest BCUT2D eigenvalue weighted by Crippen LogP contribution is -2.24. The first-order valence-electron chi connectivity index (χ1n) is 6.78. The molecule has 1 aromatic carbocycles. The van der Waals surface area contributed by atoms with E-state index >= 15 is 0 Å². The van der Waals surface area contributed by atoms with E-state index in [2.05, 4.69) is 12.1 Å². The van der Waals surface area contributed by atoms with Crippen LogP contribution in [-0.4, -0.2) is 25.9 Å². The highest BCUT2D eigenvalue weighted by atomic mass is 16.5. The van der Waals surface area contributed by atoms with Gasteiger partial charge >= 0.3 is 0 Å². The summed E-state index contributed by atoms with van der Waals surface area (Å²) in [5, 5.41) is 0. The first-order chi connectivity index (χ1) is 8.78. The highest BCUT2D eigenvalue weighted by molar-refractivity contribution is 5.27. The van der Waals surface area contributed by atoms with Crippen molar-refractivity contribution in [2.75, 3.05) is 13.7 Å². The zero-order valence-corrected chi connectivity index (χ0v) is 11.1. The molecule has 0 spiro atoms. The third-order valence-electron chi connectivity index (χ3n) is 3.54. The molecule has 3 nitrogen and oxygen atoms in total. The molecule has 1 heterocycles. The van der Waals surface area contributed by atoms with Gasteiger partial charge in [-0.3, -0.25) is 0 Å². The highest BCUT2D eigenvalue weighted by Crippen LogP contribution is 2.19. The Balaban J connectivity index is 1.73. The number of nitrogens with two attached hydrogens (primary N) is 1. The second-order valence-corrected chi connectivity index (χ2v) is 5.02. The van der Waals surface area contributed by atoms with Gasteiger partial charge < -0.3 is 15.2 Å². The fourth-order valence-electron chi connectivity index (χ4n) is 2.44. The van der Waals surface area contributed by atoms with Gasteiger partial charge in [0.2, 0.25) is 0 Å². The van der Waals surface area contributed by atoms with Crippen LogP contribution in [0.4, 0.5) is 0 Å². The van der Waals surface area contributed by atoms with E-state index in [1.807, 2.05) is 12.1 Å². The van der Waals surface area contributed by atoms with Crippen LogP contribution in [0.15, 0.2) is 24.3 Å². The van der Waals surface area contributed by atoms with Crippen molar-refractivity contribution in [3.8, 4) is 5.75 Å². The monoisotopic (exact) mass is 249 g/mol. The van der Waals surface area contributed by atoms with Crippen molar-refractivity contribution in [2.45, 2.75) is 44.2 Å².